The third-order valence-electron chi connectivity index (χ3n) is 4.79. The molecule has 4 rings (SSSR count). The highest BCUT2D eigenvalue weighted by Gasteiger charge is 2.16. The smallest absolute Gasteiger partial charge is 0.257 e. The lowest BCUT2D eigenvalue weighted by Gasteiger charge is -2.05. The maximum absolute atomic E-state index is 12.6. The van der Waals surface area contributed by atoms with Crippen molar-refractivity contribution in [1.82, 2.24) is 19.6 Å². The molecule has 142 valence electrons. The molecule has 3 heterocycles. The fraction of sp³-hybridized carbons (Fsp3) is 0.238. The molecule has 6 nitrogen and oxygen atoms in total. The third-order valence-corrected chi connectivity index (χ3v) is 5.79. The van der Waals surface area contributed by atoms with Crippen molar-refractivity contribution in [3.05, 3.63) is 65.4 Å². The molecule has 1 N–H and O–H groups in total. The summed E-state index contributed by atoms with van der Waals surface area (Å²) in [5, 5.41) is 12.7. The van der Waals surface area contributed by atoms with E-state index in [-0.39, 0.29) is 5.91 Å². The van der Waals surface area contributed by atoms with Gasteiger partial charge in [0.05, 0.1) is 5.69 Å². The summed E-state index contributed by atoms with van der Waals surface area (Å²) in [7, 11) is 0. The Hall–Kier alpha value is -3.06. The number of rotatable bonds is 6. The van der Waals surface area contributed by atoms with E-state index in [9.17, 15) is 4.79 Å². The minimum absolute atomic E-state index is 0.209. The number of aromatic nitrogens is 4. The molecule has 0 unspecified atom stereocenters. The second kappa shape index (κ2) is 7.90. The fourth-order valence-electron chi connectivity index (χ4n) is 3.13. The third kappa shape index (κ3) is 3.66. The maximum Gasteiger partial charge on any atom is 0.257 e. The van der Waals surface area contributed by atoms with Gasteiger partial charge in [0.2, 0.25) is 5.13 Å². The molecular weight excluding hydrogens is 370 g/mol. The molecule has 3 aromatic heterocycles. The zero-order valence-electron chi connectivity index (χ0n) is 15.8. The van der Waals surface area contributed by atoms with E-state index in [4.69, 9.17) is 0 Å². The molecule has 0 radical (unpaired) electrons. The van der Waals surface area contributed by atoms with Crippen LogP contribution in [0.15, 0.2) is 54.9 Å². The van der Waals surface area contributed by atoms with Crippen LogP contribution in [0.3, 0.4) is 0 Å². The van der Waals surface area contributed by atoms with Crippen molar-refractivity contribution in [3.8, 4) is 11.3 Å². The topological polar surface area (TPSA) is 72.2 Å². The highest BCUT2D eigenvalue weighted by molar-refractivity contribution is 7.15. The summed E-state index contributed by atoms with van der Waals surface area (Å²) >= 11 is 1.44. The number of carbonyl (C=O) groups excluding carboxylic acids is 1. The van der Waals surface area contributed by atoms with Gasteiger partial charge in [-0.05, 0) is 25.0 Å². The molecule has 4 aromatic rings. The van der Waals surface area contributed by atoms with Crippen LogP contribution in [0.4, 0.5) is 5.13 Å². The van der Waals surface area contributed by atoms with E-state index in [0.29, 0.717) is 16.6 Å². The first-order valence-electron chi connectivity index (χ1n) is 9.36. The summed E-state index contributed by atoms with van der Waals surface area (Å²) in [5.74, 6) is 0.180. The van der Waals surface area contributed by atoms with Gasteiger partial charge in [-0.2, -0.15) is 0 Å². The molecule has 0 saturated carbocycles. The van der Waals surface area contributed by atoms with Gasteiger partial charge in [0.25, 0.3) is 5.91 Å². The summed E-state index contributed by atoms with van der Waals surface area (Å²) in [6.45, 7) is 4.27. The van der Waals surface area contributed by atoms with Gasteiger partial charge in [-0.1, -0.05) is 55.5 Å². The molecule has 1 aromatic carbocycles. The quantitative estimate of drug-likeness (QED) is 0.501. The number of amides is 1. The van der Waals surface area contributed by atoms with Crippen LogP contribution in [0, 0.1) is 0 Å². The predicted octanol–water partition coefficient (Wildman–Crippen LogP) is 5.01. The normalized spacial score (nSPS) is 11.2. The largest absolute Gasteiger partial charge is 0.306 e. The van der Waals surface area contributed by atoms with Gasteiger partial charge in [-0.15, -0.1) is 10.2 Å². The Morgan fingerprint density at radius 2 is 1.93 bits per heavy atom. The first-order valence-corrected chi connectivity index (χ1v) is 10.2. The number of benzene rings is 1. The zero-order chi connectivity index (χ0) is 19.5. The number of carbonyl (C=O) groups is 1. The van der Waals surface area contributed by atoms with E-state index in [1.54, 1.807) is 12.1 Å². The van der Waals surface area contributed by atoms with Crippen LogP contribution in [0.25, 0.3) is 16.9 Å². The molecule has 0 atom stereocenters. The Balaban J connectivity index is 1.54. The number of fused-ring (bicyclic) bond motifs is 1. The Bertz CT molecular complexity index is 1100. The Kier molecular flexibility index (Phi) is 5.16. The Morgan fingerprint density at radius 3 is 2.68 bits per heavy atom. The number of anilines is 1. The van der Waals surface area contributed by atoms with Gasteiger partial charge in [-0.25, -0.2) is 4.98 Å². The number of pyridine rings is 1. The molecule has 0 aliphatic rings. The van der Waals surface area contributed by atoms with Gasteiger partial charge < -0.3 is 4.40 Å². The number of hydrogen-bond acceptors (Lipinski definition) is 5. The fourth-order valence-corrected chi connectivity index (χ4v) is 4.13. The molecular formula is C21H21N5OS. The molecule has 28 heavy (non-hydrogen) atoms. The highest BCUT2D eigenvalue weighted by Crippen LogP contribution is 2.28. The lowest BCUT2D eigenvalue weighted by molar-refractivity contribution is 0.102. The summed E-state index contributed by atoms with van der Waals surface area (Å²) in [6, 6.07) is 13.5. The predicted molar refractivity (Wildman–Crippen MR) is 112 cm³/mol. The van der Waals surface area contributed by atoms with Crippen molar-refractivity contribution < 1.29 is 4.79 Å². The van der Waals surface area contributed by atoms with Crippen LogP contribution in [-0.4, -0.2) is 25.5 Å². The molecule has 0 aliphatic carbocycles. The molecule has 0 aliphatic heterocycles. The van der Waals surface area contributed by atoms with Crippen molar-refractivity contribution in [2.75, 3.05) is 5.32 Å². The van der Waals surface area contributed by atoms with E-state index >= 15 is 0 Å². The number of nitrogens with one attached hydrogen (secondary N) is 1. The van der Waals surface area contributed by atoms with E-state index in [2.05, 4.69) is 34.3 Å². The molecule has 0 spiro atoms. The first-order chi connectivity index (χ1) is 13.7. The number of hydrogen-bond donors (Lipinski definition) is 1. The van der Waals surface area contributed by atoms with Crippen LogP contribution in [0.5, 0.6) is 0 Å². The van der Waals surface area contributed by atoms with Crippen molar-refractivity contribution in [2.45, 2.75) is 32.6 Å². The summed E-state index contributed by atoms with van der Waals surface area (Å²) in [5.41, 5.74) is 3.18. The van der Waals surface area contributed by atoms with Gasteiger partial charge in [0, 0.05) is 29.4 Å². The molecule has 1 amide bonds. The Morgan fingerprint density at radius 1 is 1.14 bits per heavy atom. The van der Waals surface area contributed by atoms with Gasteiger partial charge in [0.1, 0.15) is 10.7 Å². The molecule has 0 fully saturated rings. The van der Waals surface area contributed by atoms with E-state index in [1.807, 2.05) is 47.1 Å². The lowest BCUT2D eigenvalue weighted by Crippen LogP contribution is -2.12. The second-order valence-electron chi connectivity index (χ2n) is 6.59. The van der Waals surface area contributed by atoms with Crippen LogP contribution < -0.4 is 5.32 Å². The molecule has 0 saturated heterocycles. The average molecular weight is 392 g/mol. The van der Waals surface area contributed by atoms with Gasteiger partial charge in [-0.3, -0.25) is 10.1 Å². The van der Waals surface area contributed by atoms with Crippen molar-refractivity contribution >= 4 is 28.0 Å². The highest BCUT2D eigenvalue weighted by atomic mass is 32.1. The first kappa shape index (κ1) is 18.3. The number of nitrogens with zero attached hydrogens (tertiary/aromatic N) is 4. The van der Waals surface area contributed by atoms with E-state index in [1.165, 1.54) is 11.3 Å². The maximum atomic E-state index is 12.6. The van der Waals surface area contributed by atoms with Crippen LogP contribution in [0.1, 0.15) is 48.0 Å². The standard InChI is InChI=1S/C21H21N5OS/c1-3-14(4-2)20-24-25-21(28-20)23-19(27)16-10-11-26-13-17(22-18(26)12-16)15-8-6-5-7-9-15/h5-14H,3-4H2,1-2H3,(H,23,25,27). The lowest BCUT2D eigenvalue weighted by atomic mass is 10.1. The summed E-state index contributed by atoms with van der Waals surface area (Å²) < 4.78 is 1.91. The monoisotopic (exact) mass is 391 g/mol. The summed E-state index contributed by atoms with van der Waals surface area (Å²) in [6.07, 6.45) is 5.83. The van der Waals surface area contributed by atoms with Crippen LogP contribution in [-0.2, 0) is 0 Å². The van der Waals surface area contributed by atoms with E-state index in [0.717, 1.165) is 34.8 Å². The van der Waals surface area contributed by atoms with Gasteiger partial charge >= 0.3 is 0 Å². The van der Waals surface area contributed by atoms with Crippen molar-refractivity contribution in [1.29, 1.82) is 0 Å². The minimum atomic E-state index is -0.209. The van der Waals surface area contributed by atoms with E-state index < -0.39 is 0 Å². The van der Waals surface area contributed by atoms with Crippen molar-refractivity contribution in [3.63, 3.8) is 0 Å². The van der Waals surface area contributed by atoms with Crippen molar-refractivity contribution in [2.24, 2.45) is 0 Å². The molecule has 0 bridgehead atoms. The summed E-state index contributed by atoms with van der Waals surface area (Å²) in [4.78, 5) is 17.3. The average Bonchev–Trinajstić information content (AvgIpc) is 3.36. The molecule has 7 heteroatoms. The zero-order valence-corrected chi connectivity index (χ0v) is 16.6. The van der Waals surface area contributed by atoms with Crippen LogP contribution in [0.2, 0.25) is 0 Å². The number of imidazole rings is 1. The second-order valence-corrected chi connectivity index (χ2v) is 7.60. The minimum Gasteiger partial charge on any atom is -0.306 e. The van der Waals surface area contributed by atoms with Gasteiger partial charge in [0.15, 0.2) is 0 Å². The van der Waals surface area contributed by atoms with Crippen LogP contribution >= 0.6 is 11.3 Å². The SMILES string of the molecule is CCC(CC)c1nnc(NC(=O)c2ccn3cc(-c4ccccc4)nc3c2)s1. The Labute approximate surface area is 167 Å².